The van der Waals surface area contributed by atoms with Gasteiger partial charge >= 0.3 is 0 Å². The number of methoxy groups -OCH3 is 1. The number of amides is 2. The Balaban J connectivity index is 1.74. The van der Waals surface area contributed by atoms with E-state index < -0.39 is 0 Å². The van der Waals surface area contributed by atoms with Crippen molar-refractivity contribution < 1.29 is 14.3 Å². The molecule has 3 aromatic rings. The van der Waals surface area contributed by atoms with Crippen LogP contribution in [0.1, 0.15) is 32.8 Å². The molecule has 0 aliphatic heterocycles. The zero-order valence-corrected chi connectivity index (χ0v) is 17.6. The van der Waals surface area contributed by atoms with Crippen LogP contribution in [0.4, 0.5) is 10.7 Å². The molecule has 1 heterocycles. The highest BCUT2D eigenvalue weighted by Crippen LogP contribution is 2.34. The van der Waals surface area contributed by atoms with E-state index in [-0.39, 0.29) is 11.8 Å². The van der Waals surface area contributed by atoms with Crippen LogP contribution in [0.2, 0.25) is 0 Å². The van der Waals surface area contributed by atoms with Crippen molar-refractivity contribution in [1.82, 2.24) is 0 Å². The predicted octanol–water partition coefficient (Wildman–Crippen LogP) is 5.20. The number of rotatable bonds is 7. The van der Waals surface area contributed by atoms with Crippen molar-refractivity contribution in [1.29, 1.82) is 0 Å². The molecule has 0 saturated heterocycles. The van der Waals surface area contributed by atoms with Gasteiger partial charge in [0.05, 0.1) is 18.4 Å². The summed E-state index contributed by atoms with van der Waals surface area (Å²) in [5.41, 5.74) is 3.05. The van der Waals surface area contributed by atoms with Crippen LogP contribution in [0.25, 0.3) is 0 Å². The first-order valence-corrected chi connectivity index (χ1v) is 10.2. The summed E-state index contributed by atoms with van der Waals surface area (Å²) in [5, 5.41) is 6.39. The first-order valence-electron chi connectivity index (χ1n) is 9.37. The van der Waals surface area contributed by atoms with Crippen molar-refractivity contribution in [2.24, 2.45) is 0 Å². The van der Waals surface area contributed by atoms with Gasteiger partial charge < -0.3 is 15.4 Å². The van der Waals surface area contributed by atoms with E-state index in [9.17, 15) is 9.59 Å². The fraction of sp³-hybridized carbons (Fsp3) is 0.217. The van der Waals surface area contributed by atoms with Gasteiger partial charge in [-0.05, 0) is 43.5 Å². The molecule has 5 nitrogen and oxygen atoms in total. The van der Waals surface area contributed by atoms with Gasteiger partial charge in [-0.3, -0.25) is 9.59 Å². The first kappa shape index (κ1) is 20.6. The second-order valence-corrected chi connectivity index (χ2v) is 7.90. The smallest absolute Gasteiger partial charge is 0.259 e. The lowest BCUT2D eigenvalue weighted by Crippen LogP contribution is -2.18. The molecule has 2 amide bonds. The van der Waals surface area contributed by atoms with Crippen LogP contribution in [0.3, 0.4) is 0 Å². The van der Waals surface area contributed by atoms with E-state index in [4.69, 9.17) is 4.74 Å². The minimum absolute atomic E-state index is 0.110. The Morgan fingerprint density at radius 3 is 2.38 bits per heavy atom. The number of anilines is 2. The molecule has 0 atom stereocenters. The number of aryl methyl sites for hydroxylation is 2. The molecule has 0 bridgehead atoms. The van der Waals surface area contributed by atoms with Gasteiger partial charge in [0.15, 0.2) is 0 Å². The zero-order valence-electron chi connectivity index (χ0n) is 16.7. The molecule has 0 spiro atoms. The van der Waals surface area contributed by atoms with E-state index in [0.29, 0.717) is 34.8 Å². The second-order valence-electron chi connectivity index (χ2n) is 6.68. The molecule has 2 aromatic carbocycles. The number of benzene rings is 2. The van der Waals surface area contributed by atoms with Gasteiger partial charge in [0.2, 0.25) is 5.91 Å². The summed E-state index contributed by atoms with van der Waals surface area (Å²) in [6.45, 7) is 3.84. The third kappa shape index (κ3) is 5.03. The molecule has 0 unspecified atom stereocenters. The van der Waals surface area contributed by atoms with E-state index in [1.807, 2.05) is 56.3 Å². The van der Waals surface area contributed by atoms with Gasteiger partial charge in [0.1, 0.15) is 10.8 Å². The SMILES string of the molecule is COc1ccccc1NC(=O)c1c(NC(=O)CCc2ccccc2)sc(C)c1C. The van der Waals surface area contributed by atoms with E-state index in [1.165, 1.54) is 11.3 Å². The van der Waals surface area contributed by atoms with E-state index in [0.717, 1.165) is 16.0 Å². The molecule has 0 saturated carbocycles. The zero-order chi connectivity index (χ0) is 20.8. The van der Waals surface area contributed by atoms with Crippen LogP contribution in [0.5, 0.6) is 5.75 Å². The summed E-state index contributed by atoms with van der Waals surface area (Å²) in [5.74, 6) is 0.204. The van der Waals surface area contributed by atoms with Crippen LogP contribution in [-0.4, -0.2) is 18.9 Å². The van der Waals surface area contributed by atoms with Crippen molar-refractivity contribution in [2.45, 2.75) is 26.7 Å². The van der Waals surface area contributed by atoms with Crippen LogP contribution < -0.4 is 15.4 Å². The summed E-state index contributed by atoms with van der Waals surface area (Å²) >= 11 is 1.42. The predicted molar refractivity (Wildman–Crippen MR) is 118 cm³/mol. The van der Waals surface area contributed by atoms with Crippen LogP contribution in [0, 0.1) is 13.8 Å². The number of carbonyl (C=O) groups excluding carboxylic acids is 2. The topological polar surface area (TPSA) is 67.4 Å². The third-order valence-corrected chi connectivity index (χ3v) is 5.83. The summed E-state index contributed by atoms with van der Waals surface area (Å²) in [7, 11) is 1.56. The summed E-state index contributed by atoms with van der Waals surface area (Å²) in [6.07, 6.45) is 1.01. The van der Waals surface area contributed by atoms with Crippen molar-refractivity contribution >= 4 is 33.8 Å². The van der Waals surface area contributed by atoms with Gasteiger partial charge in [0, 0.05) is 11.3 Å². The lowest BCUT2D eigenvalue weighted by molar-refractivity contribution is -0.116. The number of ether oxygens (including phenoxy) is 1. The number of carbonyl (C=O) groups is 2. The second kappa shape index (κ2) is 9.39. The number of hydrogen-bond acceptors (Lipinski definition) is 4. The molecule has 6 heteroatoms. The molecule has 0 aliphatic rings. The van der Waals surface area contributed by atoms with Crippen molar-refractivity contribution in [2.75, 3.05) is 17.7 Å². The Kier molecular flexibility index (Phi) is 6.67. The number of nitrogens with one attached hydrogen (secondary N) is 2. The van der Waals surface area contributed by atoms with Gasteiger partial charge in [-0.25, -0.2) is 0 Å². The molecule has 2 N–H and O–H groups in total. The molecule has 1 aromatic heterocycles. The molecule has 3 rings (SSSR count). The highest BCUT2D eigenvalue weighted by molar-refractivity contribution is 7.16. The molecule has 150 valence electrons. The minimum Gasteiger partial charge on any atom is -0.495 e. The Morgan fingerprint density at radius 1 is 0.966 bits per heavy atom. The van der Waals surface area contributed by atoms with E-state index in [2.05, 4.69) is 10.6 Å². The van der Waals surface area contributed by atoms with Gasteiger partial charge in [0.25, 0.3) is 5.91 Å². The normalized spacial score (nSPS) is 10.4. The van der Waals surface area contributed by atoms with E-state index in [1.54, 1.807) is 19.2 Å². The monoisotopic (exact) mass is 408 g/mol. The van der Waals surface area contributed by atoms with Gasteiger partial charge in [-0.2, -0.15) is 0 Å². The minimum atomic E-state index is -0.269. The standard InChI is InChI=1S/C23H24N2O3S/c1-15-16(2)29-23(25-20(26)14-13-17-9-5-4-6-10-17)21(15)22(27)24-18-11-7-8-12-19(18)28-3/h4-12H,13-14H2,1-3H3,(H,24,27)(H,25,26). The van der Waals surface area contributed by atoms with Crippen LogP contribution >= 0.6 is 11.3 Å². The molecular weight excluding hydrogens is 384 g/mol. The fourth-order valence-corrected chi connectivity index (χ4v) is 4.09. The van der Waals surface area contributed by atoms with Crippen LogP contribution in [-0.2, 0) is 11.2 Å². The third-order valence-electron chi connectivity index (χ3n) is 4.70. The maximum Gasteiger partial charge on any atom is 0.259 e. The highest BCUT2D eigenvalue weighted by Gasteiger charge is 2.22. The highest BCUT2D eigenvalue weighted by atomic mass is 32.1. The Labute approximate surface area is 174 Å². The molecule has 0 radical (unpaired) electrons. The average molecular weight is 409 g/mol. The fourth-order valence-electron chi connectivity index (χ4n) is 3.01. The molecular formula is C23H24N2O3S. The van der Waals surface area contributed by atoms with Gasteiger partial charge in [-0.1, -0.05) is 42.5 Å². The lowest BCUT2D eigenvalue weighted by atomic mass is 10.1. The largest absolute Gasteiger partial charge is 0.495 e. The number of thiophene rings is 1. The Morgan fingerprint density at radius 2 is 1.66 bits per heavy atom. The Bertz CT molecular complexity index is 1010. The molecule has 0 fully saturated rings. The number of hydrogen-bond donors (Lipinski definition) is 2. The quantitative estimate of drug-likeness (QED) is 0.565. The lowest BCUT2D eigenvalue weighted by Gasteiger charge is -2.11. The van der Waals surface area contributed by atoms with Gasteiger partial charge in [-0.15, -0.1) is 11.3 Å². The number of para-hydroxylation sites is 2. The first-order chi connectivity index (χ1) is 14.0. The molecule has 0 aliphatic carbocycles. The van der Waals surface area contributed by atoms with Crippen molar-refractivity contribution in [3.8, 4) is 5.75 Å². The summed E-state index contributed by atoms with van der Waals surface area (Å²) < 4.78 is 5.30. The molecule has 29 heavy (non-hydrogen) atoms. The Hall–Kier alpha value is -3.12. The van der Waals surface area contributed by atoms with E-state index >= 15 is 0 Å². The maximum absolute atomic E-state index is 13.0. The van der Waals surface area contributed by atoms with Crippen molar-refractivity contribution in [3.63, 3.8) is 0 Å². The van der Waals surface area contributed by atoms with Crippen LogP contribution in [0.15, 0.2) is 54.6 Å². The average Bonchev–Trinajstić information content (AvgIpc) is 3.00. The van der Waals surface area contributed by atoms with Crippen molar-refractivity contribution in [3.05, 3.63) is 76.2 Å². The summed E-state index contributed by atoms with van der Waals surface area (Å²) in [4.78, 5) is 26.5. The summed E-state index contributed by atoms with van der Waals surface area (Å²) in [6, 6.07) is 17.1. The maximum atomic E-state index is 13.0.